The summed E-state index contributed by atoms with van der Waals surface area (Å²) in [6.07, 6.45) is 1.66. The van der Waals surface area contributed by atoms with Crippen molar-refractivity contribution in [1.29, 1.82) is 0 Å². The second-order valence-electron chi connectivity index (χ2n) is 4.32. The van der Waals surface area contributed by atoms with Gasteiger partial charge in [0.2, 0.25) is 0 Å². The molecule has 0 radical (unpaired) electrons. The van der Waals surface area contributed by atoms with Crippen molar-refractivity contribution < 1.29 is 4.92 Å². The number of nitro groups is 1. The third-order valence-electron chi connectivity index (χ3n) is 3.07. The molecular weight excluding hydrogens is 320 g/mol. The predicted molar refractivity (Wildman–Crippen MR) is 81.5 cm³/mol. The second kappa shape index (κ2) is 5.02. The van der Waals surface area contributed by atoms with Crippen LogP contribution >= 0.6 is 15.9 Å². The first-order valence-electron chi connectivity index (χ1n) is 5.95. The van der Waals surface area contributed by atoms with Crippen molar-refractivity contribution in [2.24, 2.45) is 0 Å². The number of pyridine rings is 1. The highest BCUT2D eigenvalue weighted by Crippen LogP contribution is 2.33. The van der Waals surface area contributed by atoms with Gasteiger partial charge in [-0.1, -0.05) is 30.3 Å². The average Bonchev–Trinajstić information content (AvgIpc) is 2.48. The van der Waals surface area contributed by atoms with Gasteiger partial charge in [0.25, 0.3) is 5.69 Å². The van der Waals surface area contributed by atoms with Gasteiger partial charge in [0.05, 0.1) is 15.1 Å². The number of hydrogen-bond acceptors (Lipinski definition) is 3. The number of benzene rings is 2. The molecule has 3 rings (SSSR count). The van der Waals surface area contributed by atoms with Crippen molar-refractivity contribution in [3.8, 4) is 11.3 Å². The number of fused-ring (bicyclic) bond motifs is 1. The Hall–Kier alpha value is -2.27. The summed E-state index contributed by atoms with van der Waals surface area (Å²) in [5, 5.41) is 12.4. The van der Waals surface area contributed by atoms with Crippen LogP contribution in [0.3, 0.4) is 0 Å². The van der Waals surface area contributed by atoms with Gasteiger partial charge >= 0.3 is 0 Å². The van der Waals surface area contributed by atoms with Crippen LogP contribution < -0.4 is 0 Å². The Balaban J connectivity index is 2.22. The van der Waals surface area contributed by atoms with Crippen LogP contribution in [-0.2, 0) is 0 Å². The van der Waals surface area contributed by atoms with E-state index in [1.165, 1.54) is 12.1 Å². The molecule has 3 aromatic rings. The first-order chi connectivity index (χ1) is 9.66. The number of hydrogen-bond donors (Lipinski definition) is 0. The van der Waals surface area contributed by atoms with Crippen LogP contribution in [0.1, 0.15) is 0 Å². The molecule has 98 valence electrons. The highest BCUT2D eigenvalue weighted by molar-refractivity contribution is 9.10. The van der Waals surface area contributed by atoms with Crippen molar-refractivity contribution in [3.05, 3.63) is 69.3 Å². The minimum absolute atomic E-state index is 0.0682. The quantitative estimate of drug-likeness (QED) is 0.511. The first-order valence-corrected chi connectivity index (χ1v) is 6.74. The van der Waals surface area contributed by atoms with E-state index in [1.54, 1.807) is 12.3 Å². The maximum Gasteiger partial charge on any atom is 0.270 e. The molecule has 0 spiro atoms. The molecule has 0 fully saturated rings. The molecule has 4 nitrogen and oxygen atoms in total. The molecule has 0 amide bonds. The van der Waals surface area contributed by atoms with Crippen molar-refractivity contribution in [2.75, 3.05) is 0 Å². The molecule has 0 saturated heterocycles. The molecule has 0 saturated carbocycles. The SMILES string of the molecule is O=[N+]([O-])c1ccc2c(Br)c(-c3ccccc3)ncc2c1. The average molecular weight is 329 g/mol. The van der Waals surface area contributed by atoms with Crippen molar-refractivity contribution >= 4 is 32.4 Å². The largest absolute Gasteiger partial charge is 0.270 e. The lowest BCUT2D eigenvalue weighted by atomic mass is 10.1. The normalized spacial score (nSPS) is 10.7. The fourth-order valence-corrected chi connectivity index (χ4v) is 2.78. The fraction of sp³-hybridized carbons (Fsp3) is 0. The third kappa shape index (κ3) is 2.16. The zero-order chi connectivity index (χ0) is 14.1. The minimum Gasteiger partial charge on any atom is -0.258 e. The summed E-state index contributed by atoms with van der Waals surface area (Å²) in [6, 6.07) is 14.6. The molecule has 1 heterocycles. The molecule has 0 bridgehead atoms. The van der Waals surface area contributed by atoms with E-state index in [0.717, 1.165) is 26.5 Å². The maximum absolute atomic E-state index is 10.8. The Morgan fingerprint density at radius 2 is 1.85 bits per heavy atom. The molecule has 1 aromatic heterocycles. The molecule has 0 unspecified atom stereocenters. The minimum atomic E-state index is -0.404. The molecule has 5 heteroatoms. The Morgan fingerprint density at radius 3 is 2.55 bits per heavy atom. The Morgan fingerprint density at radius 1 is 1.10 bits per heavy atom. The van der Waals surface area contributed by atoms with Gasteiger partial charge in [0.15, 0.2) is 0 Å². The summed E-state index contributed by atoms with van der Waals surface area (Å²) in [4.78, 5) is 14.8. The lowest BCUT2D eigenvalue weighted by Gasteiger charge is -2.07. The van der Waals surface area contributed by atoms with Gasteiger partial charge in [-0.3, -0.25) is 15.1 Å². The van der Waals surface area contributed by atoms with E-state index >= 15 is 0 Å². The summed E-state index contributed by atoms with van der Waals surface area (Å²) in [7, 11) is 0. The summed E-state index contributed by atoms with van der Waals surface area (Å²) in [5.74, 6) is 0. The van der Waals surface area contributed by atoms with Crippen molar-refractivity contribution in [2.45, 2.75) is 0 Å². The van der Waals surface area contributed by atoms with Crippen LogP contribution in [0, 0.1) is 10.1 Å². The van der Waals surface area contributed by atoms with Gasteiger partial charge in [-0.25, -0.2) is 0 Å². The topological polar surface area (TPSA) is 56.0 Å². The van der Waals surface area contributed by atoms with Crippen LogP contribution in [0.15, 0.2) is 59.2 Å². The first kappa shape index (κ1) is 12.7. The molecule has 0 aliphatic heterocycles. The van der Waals surface area contributed by atoms with E-state index in [1.807, 2.05) is 30.3 Å². The lowest BCUT2D eigenvalue weighted by Crippen LogP contribution is -1.90. The smallest absolute Gasteiger partial charge is 0.258 e. The van der Waals surface area contributed by atoms with Gasteiger partial charge in [0.1, 0.15) is 0 Å². The number of nitrogens with zero attached hydrogens (tertiary/aromatic N) is 2. The van der Waals surface area contributed by atoms with Gasteiger partial charge < -0.3 is 0 Å². The summed E-state index contributed by atoms with van der Waals surface area (Å²) in [5.41, 5.74) is 1.89. The third-order valence-corrected chi connectivity index (χ3v) is 3.87. The summed E-state index contributed by atoms with van der Waals surface area (Å²) in [6.45, 7) is 0. The van der Waals surface area contributed by atoms with Gasteiger partial charge in [-0.15, -0.1) is 0 Å². The van der Waals surface area contributed by atoms with E-state index < -0.39 is 4.92 Å². The Kier molecular flexibility index (Phi) is 3.20. The van der Waals surface area contributed by atoms with Crippen molar-refractivity contribution in [1.82, 2.24) is 4.98 Å². The van der Waals surface area contributed by atoms with E-state index in [0.29, 0.717) is 0 Å². The molecule has 2 aromatic carbocycles. The monoisotopic (exact) mass is 328 g/mol. The maximum atomic E-state index is 10.8. The number of halogens is 1. The molecule has 0 aliphatic rings. The van der Waals surface area contributed by atoms with E-state index in [4.69, 9.17) is 0 Å². The van der Waals surface area contributed by atoms with Crippen LogP contribution in [-0.4, -0.2) is 9.91 Å². The van der Waals surface area contributed by atoms with Gasteiger partial charge in [-0.05, 0) is 22.0 Å². The van der Waals surface area contributed by atoms with Crippen LogP contribution in [0.4, 0.5) is 5.69 Å². The van der Waals surface area contributed by atoms with Crippen LogP contribution in [0.5, 0.6) is 0 Å². The molecular formula is C15H9BrN2O2. The highest BCUT2D eigenvalue weighted by Gasteiger charge is 2.12. The second-order valence-corrected chi connectivity index (χ2v) is 5.11. The fourth-order valence-electron chi connectivity index (χ4n) is 2.09. The van der Waals surface area contributed by atoms with Crippen molar-refractivity contribution in [3.63, 3.8) is 0 Å². The zero-order valence-corrected chi connectivity index (χ0v) is 11.9. The summed E-state index contributed by atoms with van der Waals surface area (Å²) >= 11 is 3.55. The molecule has 0 N–H and O–H groups in total. The molecule has 20 heavy (non-hydrogen) atoms. The lowest BCUT2D eigenvalue weighted by molar-refractivity contribution is -0.384. The number of rotatable bonds is 2. The molecule has 0 aliphatic carbocycles. The molecule has 0 atom stereocenters. The van der Waals surface area contributed by atoms with E-state index in [9.17, 15) is 10.1 Å². The van der Waals surface area contributed by atoms with Crippen LogP contribution in [0.2, 0.25) is 0 Å². The van der Waals surface area contributed by atoms with E-state index in [2.05, 4.69) is 20.9 Å². The number of non-ortho nitro benzene ring substituents is 1. The zero-order valence-electron chi connectivity index (χ0n) is 10.3. The van der Waals surface area contributed by atoms with E-state index in [-0.39, 0.29) is 5.69 Å². The Labute approximate surface area is 123 Å². The number of aromatic nitrogens is 1. The Bertz CT molecular complexity index is 804. The highest BCUT2D eigenvalue weighted by atomic mass is 79.9. The standard InChI is InChI=1S/C15H9BrN2O2/c16-14-13-7-6-12(18(19)20)8-11(13)9-17-15(14)10-4-2-1-3-5-10/h1-9H. The van der Waals surface area contributed by atoms with Gasteiger partial charge in [0, 0.05) is 34.7 Å². The summed E-state index contributed by atoms with van der Waals surface area (Å²) < 4.78 is 0.844. The van der Waals surface area contributed by atoms with Gasteiger partial charge in [-0.2, -0.15) is 0 Å². The van der Waals surface area contributed by atoms with Crippen LogP contribution in [0.25, 0.3) is 22.0 Å². The predicted octanol–water partition coefficient (Wildman–Crippen LogP) is 4.57. The number of nitro benzene ring substituents is 1.